The predicted octanol–water partition coefficient (Wildman–Crippen LogP) is 1.14. The molecule has 1 atom stereocenters. The van der Waals surface area contributed by atoms with E-state index in [4.69, 9.17) is 5.73 Å². The van der Waals surface area contributed by atoms with Crippen LogP contribution in [0.1, 0.15) is 18.4 Å². The number of nitrogens with two attached hydrogens (primary N) is 1. The van der Waals surface area contributed by atoms with Crippen molar-refractivity contribution in [3.63, 3.8) is 0 Å². The fourth-order valence-electron chi connectivity index (χ4n) is 2.31. The van der Waals surface area contributed by atoms with Gasteiger partial charge in [-0.1, -0.05) is 6.92 Å². The molecule has 0 bridgehead atoms. The number of pyridine rings is 2. The molecule has 0 radical (unpaired) electrons. The minimum atomic E-state index is -0.130. The highest BCUT2D eigenvalue weighted by Crippen LogP contribution is 2.24. The van der Waals surface area contributed by atoms with Crippen molar-refractivity contribution in [2.45, 2.75) is 20.0 Å². The first kappa shape index (κ1) is 13.0. The quantitative estimate of drug-likeness (QED) is 0.660. The second-order valence-corrected chi connectivity index (χ2v) is 5.04. The van der Waals surface area contributed by atoms with E-state index in [1.165, 1.54) is 0 Å². The van der Waals surface area contributed by atoms with Gasteiger partial charge < -0.3 is 15.8 Å². The molecular formula is C14H17N5O. The van der Waals surface area contributed by atoms with Gasteiger partial charge in [-0.2, -0.15) is 0 Å². The maximum atomic E-state index is 9.28. The number of nitrogens with zero attached hydrogens (tertiary/aromatic N) is 3. The maximum Gasteiger partial charge on any atom is 0.133 e. The second kappa shape index (κ2) is 5.15. The van der Waals surface area contributed by atoms with E-state index in [1.54, 1.807) is 6.20 Å². The Bertz CT molecular complexity index is 752. The van der Waals surface area contributed by atoms with E-state index >= 15 is 0 Å². The predicted molar refractivity (Wildman–Crippen MR) is 77.0 cm³/mol. The molecule has 3 heterocycles. The van der Waals surface area contributed by atoms with Gasteiger partial charge in [0.05, 0.1) is 16.7 Å². The van der Waals surface area contributed by atoms with Gasteiger partial charge in [0.2, 0.25) is 0 Å². The SMILES string of the molecule is CC(CN)Cc1nc2cccnc2c2[nH]c(CO)nc12. The monoisotopic (exact) mass is 271 g/mol. The van der Waals surface area contributed by atoms with Crippen molar-refractivity contribution in [1.29, 1.82) is 0 Å². The summed E-state index contributed by atoms with van der Waals surface area (Å²) in [6.07, 6.45) is 2.48. The first-order chi connectivity index (χ1) is 9.72. The van der Waals surface area contributed by atoms with E-state index in [0.717, 1.165) is 34.2 Å². The largest absolute Gasteiger partial charge is 0.388 e. The molecule has 0 fully saturated rings. The highest BCUT2D eigenvalue weighted by atomic mass is 16.3. The molecule has 6 heteroatoms. The molecule has 0 saturated heterocycles. The van der Waals surface area contributed by atoms with E-state index in [0.29, 0.717) is 18.3 Å². The van der Waals surface area contributed by atoms with Crippen LogP contribution in [0, 0.1) is 5.92 Å². The third-order valence-electron chi connectivity index (χ3n) is 3.40. The molecule has 3 rings (SSSR count). The van der Waals surface area contributed by atoms with E-state index in [9.17, 15) is 5.11 Å². The van der Waals surface area contributed by atoms with Gasteiger partial charge in [-0.3, -0.25) is 4.98 Å². The fourth-order valence-corrected chi connectivity index (χ4v) is 2.31. The van der Waals surface area contributed by atoms with E-state index in [-0.39, 0.29) is 6.61 Å². The summed E-state index contributed by atoms with van der Waals surface area (Å²) in [5.41, 5.74) is 9.81. The molecule has 4 N–H and O–H groups in total. The van der Waals surface area contributed by atoms with Gasteiger partial charge in [-0.25, -0.2) is 9.97 Å². The summed E-state index contributed by atoms with van der Waals surface area (Å²) in [5.74, 6) is 0.857. The van der Waals surface area contributed by atoms with Gasteiger partial charge in [0.25, 0.3) is 0 Å². The van der Waals surface area contributed by atoms with Crippen LogP contribution in [0.3, 0.4) is 0 Å². The molecule has 3 aromatic heterocycles. The van der Waals surface area contributed by atoms with Crippen LogP contribution in [0.2, 0.25) is 0 Å². The van der Waals surface area contributed by atoms with Crippen LogP contribution in [-0.2, 0) is 13.0 Å². The zero-order valence-corrected chi connectivity index (χ0v) is 11.3. The van der Waals surface area contributed by atoms with Crippen LogP contribution in [0.25, 0.3) is 22.1 Å². The summed E-state index contributed by atoms with van der Waals surface area (Å²) in [4.78, 5) is 16.6. The van der Waals surface area contributed by atoms with Crippen LogP contribution in [-0.4, -0.2) is 31.6 Å². The van der Waals surface area contributed by atoms with Gasteiger partial charge in [-0.15, -0.1) is 0 Å². The Morgan fingerprint density at radius 1 is 1.35 bits per heavy atom. The molecule has 104 valence electrons. The number of aromatic nitrogens is 4. The summed E-state index contributed by atoms with van der Waals surface area (Å²) in [6, 6.07) is 3.79. The number of nitrogens with one attached hydrogen (secondary N) is 1. The smallest absolute Gasteiger partial charge is 0.133 e. The van der Waals surface area contributed by atoms with Crippen molar-refractivity contribution >= 4 is 22.1 Å². The van der Waals surface area contributed by atoms with Crippen LogP contribution in [0.4, 0.5) is 0 Å². The highest BCUT2D eigenvalue weighted by molar-refractivity contribution is 6.00. The van der Waals surface area contributed by atoms with Crippen molar-refractivity contribution in [2.24, 2.45) is 11.7 Å². The topological polar surface area (TPSA) is 101 Å². The van der Waals surface area contributed by atoms with Crippen LogP contribution in [0.15, 0.2) is 18.3 Å². The lowest BCUT2D eigenvalue weighted by molar-refractivity contribution is 0.273. The summed E-state index contributed by atoms with van der Waals surface area (Å²) in [5, 5.41) is 9.28. The lowest BCUT2D eigenvalue weighted by Gasteiger charge is -2.09. The van der Waals surface area contributed by atoms with Crippen molar-refractivity contribution in [3.05, 3.63) is 29.8 Å². The first-order valence-electron chi connectivity index (χ1n) is 6.66. The third kappa shape index (κ3) is 2.13. The Labute approximate surface area is 116 Å². The van der Waals surface area contributed by atoms with Gasteiger partial charge in [0, 0.05) is 6.20 Å². The molecule has 0 saturated carbocycles. The van der Waals surface area contributed by atoms with E-state index in [1.807, 2.05) is 12.1 Å². The summed E-state index contributed by atoms with van der Waals surface area (Å²) < 4.78 is 0. The molecule has 0 aliphatic rings. The zero-order chi connectivity index (χ0) is 14.1. The molecule has 20 heavy (non-hydrogen) atoms. The van der Waals surface area contributed by atoms with Gasteiger partial charge in [0.15, 0.2) is 0 Å². The number of imidazole rings is 1. The molecule has 0 amide bonds. The van der Waals surface area contributed by atoms with Crippen molar-refractivity contribution in [3.8, 4) is 0 Å². The Balaban J connectivity index is 2.27. The lowest BCUT2D eigenvalue weighted by Crippen LogP contribution is -2.14. The highest BCUT2D eigenvalue weighted by Gasteiger charge is 2.15. The Morgan fingerprint density at radius 3 is 2.95 bits per heavy atom. The number of aliphatic hydroxyl groups excluding tert-OH is 1. The van der Waals surface area contributed by atoms with E-state index < -0.39 is 0 Å². The Morgan fingerprint density at radius 2 is 2.20 bits per heavy atom. The van der Waals surface area contributed by atoms with Gasteiger partial charge >= 0.3 is 0 Å². The Hall–Kier alpha value is -2.05. The Kier molecular flexibility index (Phi) is 3.33. The van der Waals surface area contributed by atoms with Gasteiger partial charge in [-0.05, 0) is 31.0 Å². The standard InChI is InChI=1S/C14H17N5O/c1-8(6-15)5-10-13-14(19-11(7-20)18-13)12-9(17-10)3-2-4-16-12/h2-4,8,20H,5-7,15H2,1H3,(H,18,19). The second-order valence-electron chi connectivity index (χ2n) is 5.04. The number of hydrogen-bond acceptors (Lipinski definition) is 5. The molecule has 1 unspecified atom stereocenters. The molecule has 0 spiro atoms. The summed E-state index contributed by atoms with van der Waals surface area (Å²) in [7, 11) is 0. The third-order valence-corrected chi connectivity index (χ3v) is 3.40. The number of aliphatic hydroxyl groups is 1. The van der Waals surface area contributed by atoms with Crippen LogP contribution in [0.5, 0.6) is 0 Å². The minimum Gasteiger partial charge on any atom is -0.388 e. The number of fused-ring (bicyclic) bond motifs is 3. The fraction of sp³-hybridized carbons (Fsp3) is 0.357. The van der Waals surface area contributed by atoms with E-state index in [2.05, 4.69) is 26.9 Å². The lowest BCUT2D eigenvalue weighted by atomic mass is 10.0. The molecule has 0 aliphatic heterocycles. The zero-order valence-electron chi connectivity index (χ0n) is 11.3. The summed E-state index contributed by atoms with van der Waals surface area (Å²) in [6.45, 7) is 2.56. The average Bonchev–Trinajstić information content (AvgIpc) is 2.92. The number of hydrogen-bond donors (Lipinski definition) is 3. The number of rotatable bonds is 4. The average molecular weight is 271 g/mol. The molecule has 3 aromatic rings. The van der Waals surface area contributed by atoms with Crippen LogP contribution < -0.4 is 5.73 Å². The normalized spacial score (nSPS) is 13.2. The van der Waals surface area contributed by atoms with Crippen molar-refractivity contribution < 1.29 is 5.11 Å². The first-order valence-corrected chi connectivity index (χ1v) is 6.66. The molecule has 0 aliphatic carbocycles. The van der Waals surface area contributed by atoms with Gasteiger partial charge in [0.1, 0.15) is 23.5 Å². The summed E-state index contributed by atoms with van der Waals surface area (Å²) >= 11 is 0. The minimum absolute atomic E-state index is 0.130. The maximum absolute atomic E-state index is 9.28. The molecular weight excluding hydrogens is 254 g/mol. The van der Waals surface area contributed by atoms with Crippen molar-refractivity contribution in [1.82, 2.24) is 19.9 Å². The number of aromatic amines is 1. The molecule has 6 nitrogen and oxygen atoms in total. The molecule has 0 aromatic carbocycles. The number of H-pyrrole nitrogens is 1. The van der Waals surface area contributed by atoms with Crippen molar-refractivity contribution in [2.75, 3.05) is 6.54 Å². The van der Waals surface area contributed by atoms with Crippen LogP contribution >= 0.6 is 0 Å².